The maximum absolute atomic E-state index is 13.1. The Kier molecular flexibility index (Phi) is 5.79. The zero-order valence-corrected chi connectivity index (χ0v) is 11.4. The van der Waals surface area contributed by atoms with E-state index in [0.29, 0.717) is 12.1 Å². The number of nitrogens with two attached hydrogens (primary N) is 1. The van der Waals surface area contributed by atoms with E-state index in [9.17, 15) is 9.50 Å². The Labute approximate surface area is 116 Å². The molecule has 0 aliphatic heterocycles. The van der Waals surface area contributed by atoms with Crippen LogP contribution in [0.2, 0.25) is 5.02 Å². The van der Waals surface area contributed by atoms with E-state index >= 15 is 0 Å². The third-order valence-electron chi connectivity index (χ3n) is 2.28. The highest BCUT2D eigenvalue weighted by molar-refractivity contribution is 6.30. The fraction of sp³-hybridized carbons (Fsp3) is 0.308. The van der Waals surface area contributed by atoms with Crippen molar-refractivity contribution in [2.45, 2.75) is 13.0 Å². The summed E-state index contributed by atoms with van der Waals surface area (Å²) in [6, 6.07) is 3.87. The standard InChI is InChI=1S/C13H17ClFN3O/c1-8(2)6-17-13(16)18-7-12(19)9-3-10(14)5-11(15)4-9/h3-5,12,19H,1,6-7H2,2H3,(H3,16,17,18). The van der Waals surface area contributed by atoms with E-state index in [2.05, 4.69) is 16.9 Å². The second-order valence-corrected chi connectivity index (χ2v) is 4.69. The molecule has 0 aliphatic rings. The average Bonchev–Trinajstić information content (AvgIpc) is 2.32. The Bertz CT molecular complexity index is 471. The lowest BCUT2D eigenvalue weighted by atomic mass is 10.1. The number of hydrogen-bond donors (Lipinski definition) is 3. The van der Waals surface area contributed by atoms with Crippen LogP contribution in [0.25, 0.3) is 0 Å². The molecule has 1 atom stereocenters. The second-order valence-electron chi connectivity index (χ2n) is 4.26. The van der Waals surface area contributed by atoms with E-state index in [0.717, 1.165) is 5.57 Å². The van der Waals surface area contributed by atoms with Gasteiger partial charge in [0.15, 0.2) is 5.96 Å². The molecule has 0 heterocycles. The SMILES string of the molecule is C=C(C)CNC(N)=NCC(O)c1cc(F)cc(Cl)c1. The number of nitrogens with one attached hydrogen (secondary N) is 1. The first-order valence-electron chi connectivity index (χ1n) is 5.70. The highest BCUT2D eigenvalue weighted by Crippen LogP contribution is 2.20. The molecular formula is C13H17ClFN3O. The lowest BCUT2D eigenvalue weighted by Gasteiger charge is -2.10. The molecule has 1 rings (SSSR count). The highest BCUT2D eigenvalue weighted by atomic mass is 35.5. The number of benzene rings is 1. The van der Waals surface area contributed by atoms with Gasteiger partial charge >= 0.3 is 0 Å². The van der Waals surface area contributed by atoms with Gasteiger partial charge in [0, 0.05) is 11.6 Å². The van der Waals surface area contributed by atoms with Gasteiger partial charge in [-0.15, -0.1) is 0 Å². The minimum absolute atomic E-state index is 0.0226. The number of nitrogens with zero attached hydrogens (tertiary/aromatic N) is 1. The lowest BCUT2D eigenvalue weighted by Crippen LogP contribution is -2.33. The summed E-state index contributed by atoms with van der Waals surface area (Å²) in [5, 5.41) is 12.9. The fourth-order valence-electron chi connectivity index (χ4n) is 1.36. The van der Waals surface area contributed by atoms with Crippen molar-refractivity contribution >= 4 is 17.6 Å². The number of guanidine groups is 1. The van der Waals surface area contributed by atoms with E-state index in [1.807, 2.05) is 6.92 Å². The Morgan fingerprint density at radius 3 is 2.84 bits per heavy atom. The average molecular weight is 286 g/mol. The number of halogens is 2. The van der Waals surface area contributed by atoms with E-state index in [1.54, 1.807) is 0 Å². The van der Waals surface area contributed by atoms with Crippen molar-refractivity contribution in [2.24, 2.45) is 10.7 Å². The van der Waals surface area contributed by atoms with E-state index in [1.165, 1.54) is 18.2 Å². The third-order valence-corrected chi connectivity index (χ3v) is 2.49. The van der Waals surface area contributed by atoms with Gasteiger partial charge in [0.05, 0.1) is 12.6 Å². The molecular weight excluding hydrogens is 269 g/mol. The van der Waals surface area contributed by atoms with Crippen molar-refractivity contribution in [1.82, 2.24) is 5.32 Å². The van der Waals surface area contributed by atoms with Crippen molar-refractivity contribution < 1.29 is 9.50 Å². The van der Waals surface area contributed by atoms with Crippen LogP contribution in [0.15, 0.2) is 35.3 Å². The van der Waals surface area contributed by atoms with Crippen molar-refractivity contribution in [3.05, 3.63) is 46.8 Å². The molecule has 0 saturated heterocycles. The van der Waals surface area contributed by atoms with Crippen LogP contribution in [0.3, 0.4) is 0 Å². The van der Waals surface area contributed by atoms with E-state index in [-0.39, 0.29) is 17.5 Å². The molecule has 1 unspecified atom stereocenters. The highest BCUT2D eigenvalue weighted by Gasteiger charge is 2.09. The van der Waals surface area contributed by atoms with Gasteiger partial charge in [-0.05, 0) is 30.7 Å². The molecule has 1 aromatic rings. The zero-order valence-electron chi connectivity index (χ0n) is 10.7. The summed E-state index contributed by atoms with van der Waals surface area (Å²) in [4.78, 5) is 3.96. The molecule has 19 heavy (non-hydrogen) atoms. The molecule has 0 fully saturated rings. The summed E-state index contributed by atoms with van der Waals surface area (Å²) in [6.45, 7) is 6.10. The summed E-state index contributed by atoms with van der Waals surface area (Å²) < 4.78 is 13.1. The van der Waals surface area contributed by atoms with Gasteiger partial charge < -0.3 is 16.2 Å². The van der Waals surface area contributed by atoms with Crippen molar-refractivity contribution in [2.75, 3.05) is 13.1 Å². The molecule has 104 valence electrons. The molecule has 6 heteroatoms. The Morgan fingerprint density at radius 2 is 2.26 bits per heavy atom. The molecule has 0 aromatic heterocycles. The van der Waals surface area contributed by atoms with Crippen LogP contribution in [0.5, 0.6) is 0 Å². The van der Waals surface area contributed by atoms with Crippen molar-refractivity contribution in [3.8, 4) is 0 Å². The number of aliphatic hydroxyl groups is 1. The number of aliphatic imine (C=N–C) groups is 1. The predicted molar refractivity (Wildman–Crippen MR) is 75.7 cm³/mol. The van der Waals surface area contributed by atoms with Gasteiger partial charge in [0.1, 0.15) is 5.82 Å². The van der Waals surface area contributed by atoms with Gasteiger partial charge in [-0.1, -0.05) is 23.8 Å². The molecule has 0 bridgehead atoms. The predicted octanol–water partition coefficient (Wildman–Crippen LogP) is 1.99. The zero-order chi connectivity index (χ0) is 14.4. The molecule has 4 N–H and O–H groups in total. The van der Waals surface area contributed by atoms with Gasteiger partial charge in [0.2, 0.25) is 0 Å². The van der Waals surface area contributed by atoms with E-state index in [4.69, 9.17) is 17.3 Å². The molecule has 1 aromatic carbocycles. The van der Waals surface area contributed by atoms with Crippen molar-refractivity contribution in [1.29, 1.82) is 0 Å². The van der Waals surface area contributed by atoms with Gasteiger partial charge in [-0.3, -0.25) is 4.99 Å². The maximum atomic E-state index is 13.1. The third kappa shape index (κ3) is 5.72. The summed E-state index contributed by atoms with van der Waals surface area (Å²) >= 11 is 5.71. The summed E-state index contributed by atoms with van der Waals surface area (Å²) in [6.07, 6.45) is -0.960. The monoisotopic (exact) mass is 285 g/mol. The minimum Gasteiger partial charge on any atom is -0.386 e. The van der Waals surface area contributed by atoms with Crippen LogP contribution in [0.1, 0.15) is 18.6 Å². The normalized spacial score (nSPS) is 13.2. The number of hydrogen-bond acceptors (Lipinski definition) is 2. The smallest absolute Gasteiger partial charge is 0.188 e. The van der Waals surface area contributed by atoms with Crippen LogP contribution in [0, 0.1) is 5.82 Å². The van der Waals surface area contributed by atoms with Gasteiger partial charge in [-0.25, -0.2) is 4.39 Å². The number of rotatable bonds is 5. The first-order chi connectivity index (χ1) is 8.88. The van der Waals surface area contributed by atoms with Crippen LogP contribution in [-0.4, -0.2) is 24.2 Å². The molecule has 0 aliphatic carbocycles. The Hall–Kier alpha value is -1.59. The summed E-state index contributed by atoms with van der Waals surface area (Å²) in [5.74, 6) is -0.302. The topological polar surface area (TPSA) is 70.6 Å². The minimum atomic E-state index is -0.960. The Morgan fingerprint density at radius 1 is 1.58 bits per heavy atom. The van der Waals surface area contributed by atoms with Crippen LogP contribution < -0.4 is 11.1 Å². The van der Waals surface area contributed by atoms with Gasteiger partial charge in [0.25, 0.3) is 0 Å². The fourth-order valence-corrected chi connectivity index (χ4v) is 1.59. The summed E-state index contributed by atoms with van der Waals surface area (Å²) in [5.41, 5.74) is 6.87. The largest absolute Gasteiger partial charge is 0.386 e. The number of aliphatic hydroxyl groups excluding tert-OH is 1. The first kappa shape index (κ1) is 15.5. The first-order valence-corrected chi connectivity index (χ1v) is 6.08. The summed E-state index contributed by atoms with van der Waals surface area (Å²) in [7, 11) is 0. The lowest BCUT2D eigenvalue weighted by molar-refractivity contribution is 0.186. The molecule has 0 spiro atoms. The second kappa shape index (κ2) is 7.11. The van der Waals surface area contributed by atoms with Gasteiger partial charge in [-0.2, -0.15) is 0 Å². The van der Waals surface area contributed by atoms with E-state index < -0.39 is 11.9 Å². The Balaban J connectivity index is 2.61. The quantitative estimate of drug-likeness (QED) is 0.440. The van der Waals surface area contributed by atoms with Crippen molar-refractivity contribution in [3.63, 3.8) is 0 Å². The molecule has 0 amide bonds. The molecule has 0 saturated carbocycles. The molecule has 4 nitrogen and oxygen atoms in total. The van der Waals surface area contributed by atoms with Crippen LogP contribution >= 0.6 is 11.6 Å². The molecule has 0 radical (unpaired) electrons. The van der Waals surface area contributed by atoms with Crippen LogP contribution in [-0.2, 0) is 0 Å². The maximum Gasteiger partial charge on any atom is 0.188 e. The van der Waals surface area contributed by atoms with Crippen LogP contribution in [0.4, 0.5) is 4.39 Å².